The maximum absolute atomic E-state index is 14.3. The average molecular weight is 582 g/mol. The average Bonchev–Trinajstić information content (AvgIpc) is 3.18. The van der Waals surface area contributed by atoms with Gasteiger partial charge in [-0.1, -0.05) is 53.0 Å². The zero-order chi connectivity index (χ0) is 27.3. The molecule has 0 saturated carbocycles. The van der Waals surface area contributed by atoms with Gasteiger partial charge in [-0.05, 0) is 84.5 Å². The van der Waals surface area contributed by atoms with Crippen LogP contribution in [0.1, 0.15) is 30.0 Å². The van der Waals surface area contributed by atoms with Gasteiger partial charge >= 0.3 is 0 Å². The molecule has 6 nitrogen and oxygen atoms in total. The first-order valence-electron chi connectivity index (χ1n) is 12.5. The van der Waals surface area contributed by atoms with Gasteiger partial charge in [-0.2, -0.15) is 0 Å². The SMILES string of the molecule is O=C1C[C@@H](C2C=CC=C(Cl)C2)[C@]2(C(=O)Nc3cc(Cl)ccc32)[C@H](c2cc(Cl)ccc2Oc2ccc(O)cc2)N1. The molecule has 4 atom stereocenters. The van der Waals surface area contributed by atoms with Crippen LogP contribution in [-0.2, 0) is 15.0 Å². The number of ether oxygens (including phenoxy) is 1. The van der Waals surface area contributed by atoms with E-state index in [4.69, 9.17) is 39.5 Å². The van der Waals surface area contributed by atoms with Crippen LogP contribution in [0.4, 0.5) is 5.69 Å². The molecule has 0 bridgehead atoms. The van der Waals surface area contributed by atoms with Gasteiger partial charge in [0.2, 0.25) is 11.8 Å². The van der Waals surface area contributed by atoms with E-state index < -0.39 is 17.4 Å². The number of allylic oxidation sites excluding steroid dienone is 4. The number of phenols is 1. The van der Waals surface area contributed by atoms with E-state index >= 15 is 0 Å². The van der Waals surface area contributed by atoms with Crippen LogP contribution in [0.15, 0.2) is 83.9 Å². The van der Waals surface area contributed by atoms with E-state index in [0.717, 1.165) is 5.56 Å². The first-order valence-corrected chi connectivity index (χ1v) is 13.6. The molecule has 3 N–H and O–H groups in total. The Balaban J connectivity index is 1.56. The third kappa shape index (κ3) is 4.46. The molecule has 0 aromatic heterocycles. The van der Waals surface area contributed by atoms with Gasteiger partial charge in [-0.15, -0.1) is 0 Å². The van der Waals surface area contributed by atoms with Crippen LogP contribution in [0.3, 0.4) is 0 Å². The molecule has 39 heavy (non-hydrogen) atoms. The fraction of sp³-hybridized carbons (Fsp3) is 0.200. The molecule has 1 spiro atoms. The van der Waals surface area contributed by atoms with Gasteiger partial charge in [-0.3, -0.25) is 9.59 Å². The first-order chi connectivity index (χ1) is 18.8. The Kier molecular flexibility index (Phi) is 6.58. The molecule has 1 aliphatic carbocycles. The summed E-state index contributed by atoms with van der Waals surface area (Å²) in [6.07, 6.45) is 6.35. The summed E-state index contributed by atoms with van der Waals surface area (Å²) in [7, 11) is 0. The predicted molar refractivity (Wildman–Crippen MR) is 152 cm³/mol. The van der Waals surface area contributed by atoms with Gasteiger partial charge in [0, 0.05) is 32.7 Å². The third-order valence-corrected chi connectivity index (χ3v) is 8.48. The third-order valence-electron chi connectivity index (χ3n) is 7.73. The Morgan fingerprint density at radius 1 is 0.923 bits per heavy atom. The second-order valence-electron chi connectivity index (χ2n) is 9.97. The lowest BCUT2D eigenvalue weighted by Gasteiger charge is -2.49. The lowest BCUT2D eigenvalue weighted by molar-refractivity contribution is -0.135. The van der Waals surface area contributed by atoms with Crippen molar-refractivity contribution in [3.8, 4) is 17.2 Å². The largest absolute Gasteiger partial charge is 0.508 e. The number of carbonyl (C=O) groups is 2. The highest BCUT2D eigenvalue weighted by molar-refractivity contribution is 6.31. The minimum absolute atomic E-state index is 0.103. The van der Waals surface area contributed by atoms with Gasteiger partial charge in [0.15, 0.2) is 0 Å². The Labute approximate surface area is 240 Å². The zero-order valence-corrected chi connectivity index (χ0v) is 22.7. The van der Waals surface area contributed by atoms with Crippen LogP contribution < -0.4 is 15.4 Å². The lowest BCUT2D eigenvalue weighted by atomic mass is 9.57. The molecule has 3 aromatic carbocycles. The number of piperidine rings is 1. The number of aromatic hydroxyl groups is 1. The first kappa shape index (κ1) is 25.8. The Hall–Kier alpha value is -3.45. The van der Waals surface area contributed by atoms with E-state index in [-0.39, 0.29) is 29.9 Å². The van der Waals surface area contributed by atoms with Crippen molar-refractivity contribution in [1.29, 1.82) is 0 Å². The molecular weight excluding hydrogens is 559 g/mol. The minimum atomic E-state index is -1.21. The van der Waals surface area contributed by atoms with Crippen molar-refractivity contribution in [2.24, 2.45) is 11.8 Å². The van der Waals surface area contributed by atoms with Crippen molar-refractivity contribution in [3.05, 3.63) is 105 Å². The van der Waals surface area contributed by atoms with Gasteiger partial charge in [0.05, 0.1) is 6.04 Å². The fourth-order valence-corrected chi connectivity index (χ4v) is 6.73. The number of nitrogens with one attached hydrogen (secondary N) is 2. The van der Waals surface area contributed by atoms with Crippen LogP contribution >= 0.6 is 34.8 Å². The molecule has 2 heterocycles. The molecule has 6 rings (SSSR count). The standard InChI is InChI=1S/C30H23Cl3N2O4/c31-17-3-1-2-16(12-17)24-15-27(37)35-28(30(24)23-10-4-19(33)14-25(23)34-29(30)38)22-13-18(32)5-11-26(22)39-21-8-6-20(36)7-9-21/h1-11,13-14,16,24,28,36H,12,15H2,(H,34,38)(H,35,37)/t16?,24-,28-,30-/m0/s1. The van der Waals surface area contributed by atoms with E-state index in [2.05, 4.69) is 10.6 Å². The van der Waals surface area contributed by atoms with Crippen LogP contribution in [-0.4, -0.2) is 16.9 Å². The van der Waals surface area contributed by atoms with Gasteiger partial charge in [0.25, 0.3) is 0 Å². The highest BCUT2D eigenvalue weighted by Crippen LogP contribution is 2.58. The molecule has 198 valence electrons. The van der Waals surface area contributed by atoms with Crippen LogP contribution in [0, 0.1) is 11.8 Å². The summed E-state index contributed by atoms with van der Waals surface area (Å²) in [5.41, 5.74) is 0.674. The predicted octanol–water partition coefficient (Wildman–Crippen LogP) is 7.26. The van der Waals surface area contributed by atoms with Gasteiger partial charge in [-0.25, -0.2) is 0 Å². The molecule has 1 fully saturated rings. The summed E-state index contributed by atoms with van der Waals surface area (Å²) in [6.45, 7) is 0. The highest BCUT2D eigenvalue weighted by atomic mass is 35.5. The van der Waals surface area contributed by atoms with Crippen molar-refractivity contribution in [2.45, 2.75) is 24.3 Å². The molecule has 9 heteroatoms. The molecule has 3 aliphatic rings. The molecule has 0 radical (unpaired) electrons. The summed E-state index contributed by atoms with van der Waals surface area (Å²) in [6, 6.07) is 15.9. The maximum Gasteiger partial charge on any atom is 0.237 e. The normalized spacial score (nSPS) is 25.6. The number of hydrogen-bond donors (Lipinski definition) is 3. The monoisotopic (exact) mass is 580 g/mol. The van der Waals surface area contributed by atoms with Crippen LogP contribution in [0.2, 0.25) is 10.0 Å². The second-order valence-corrected chi connectivity index (χ2v) is 11.3. The quantitative estimate of drug-likeness (QED) is 0.303. The number of amides is 2. The van der Waals surface area contributed by atoms with Crippen LogP contribution in [0.5, 0.6) is 17.2 Å². The van der Waals surface area contributed by atoms with Crippen LogP contribution in [0.25, 0.3) is 0 Å². The number of anilines is 1. The number of halogens is 3. The Morgan fingerprint density at radius 3 is 2.44 bits per heavy atom. The highest BCUT2D eigenvalue weighted by Gasteiger charge is 2.62. The molecule has 2 aliphatic heterocycles. The van der Waals surface area contributed by atoms with E-state index in [9.17, 15) is 14.7 Å². The topological polar surface area (TPSA) is 87.7 Å². The van der Waals surface area contributed by atoms with Crippen molar-refractivity contribution in [2.75, 3.05) is 5.32 Å². The summed E-state index contributed by atoms with van der Waals surface area (Å²) >= 11 is 19.3. The van der Waals surface area contributed by atoms with E-state index in [0.29, 0.717) is 44.2 Å². The lowest BCUT2D eigenvalue weighted by Crippen LogP contribution is -2.59. The molecular formula is C30H23Cl3N2O4. The van der Waals surface area contributed by atoms with Gasteiger partial charge < -0.3 is 20.5 Å². The Morgan fingerprint density at radius 2 is 1.67 bits per heavy atom. The smallest absolute Gasteiger partial charge is 0.237 e. The summed E-state index contributed by atoms with van der Waals surface area (Å²) in [5.74, 6) is -0.0555. The molecule has 2 amide bonds. The molecule has 3 aromatic rings. The van der Waals surface area contributed by atoms with Gasteiger partial charge in [0.1, 0.15) is 22.7 Å². The maximum atomic E-state index is 14.3. The number of phenolic OH excluding ortho intramolecular Hbond substituents is 1. The summed E-state index contributed by atoms with van der Waals surface area (Å²) in [4.78, 5) is 27.6. The number of benzene rings is 3. The molecule has 1 unspecified atom stereocenters. The minimum Gasteiger partial charge on any atom is -0.508 e. The van der Waals surface area contributed by atoms with E-state index in [1.807, 2.05) is 24.3 Å². The van der Waals surface area contributed by atoms with E-state index in [1.165, 1.54) is 12.1 Å². The zero-order valence-electron chi connectivity index (χ0n) is 20.5. The summed E-state index contributed by atoms with van der Waals surface area (Å²) in [5, 5.41) is 17.4. The molecule has 1 saturated heterocycles. The van der Waals surface area contributed by atoms with Crippen molar-refractivity contribution >= 4 is 52.3 Å². The second kappa shape index (κ2) is 9.94. The number of rotatable bonds is 4. The number of fused-ring (bicyclic) bond motifs is 2. The fourth-order valence-electron chi connectivity index (χ4n) is 6.12. The van der Waals surface area contributed by atoms with Crippen molar-refractivity contribution < 1.29 is 19.4 Å². The summed E-state index contributed by atoms with van der Waals surface area (Å²) < 4.78 is 6.23. The number of carbonyl (C=O) groups excluding carboxylic acids is 2. The van der Waals surface area contributed by atoms with Crippen molar-refractivity contribution in [1.82, 2.24) is 5.32 Å². The van der Waals surface area contributed by atoms with Crippen molar-refractivity contribution in [3.63, 3.8) is 0 Å². The van der Waals surface area contributed by atoms with E-state index in [1.54, 1.807) is 42.5 Å². The Bertz CT molecular complexity index is 1550. The number of hydrogen-bond acceptors (Lipinski definition) is 4.